The SMILES string of the molecule is Cc1cc2cc3c(ccc[n]3[Zr]([Cl])([Cl])[Cl])c(Br)c2c1. The number of hydrogen-bond acceptors (Lipinski definition) is 0. The van der Waals surface area contributed by atoms with E-state index in [4.69, 9.17) is 25.5 Å². The Morgan fingerprint density at radius 2 is 1.84 bits per heavy atom. The molecule has 0 amide bonds. The minimum atomic E-state index is -3.75. The molecule has 0 unspecified atom stereocenters. The molecule has 0 bridgehead atoms. The Labute approximate surface area is 135 Å². The molecule has 0 saturated heterocycles. The molecule has 0 N–H and O–H groups in total. The van der Waals surface area contributed by atoms with Gasteiger partial charge in [0.25, 0.3) is 0 Å². The van der Waals surface area contributed by atoms with Gasteiger partial charge in [-0.15, -0.1) is 0 Å². The van der Waals surface area contributed by atoms with Crippen LogP contribution in [-0.2, 0) is 17.0 Å². The van der Waals surface area contributed by atoms with Gasteiger partial charge in [-0.25, -0.2) is 0 Å². The molecule has 0 saturated carbocycles. The second-order valence-electron chi connectivity index (χ2n) is 4.50. The molecule has 1 nitrogen and oxygen atoms in total. The van der Waals surface area contributed by atoms with Crippen molar-refractivity contribution in [1.29, 1.82) is 0 Å². The summed E-state index contributed by atoms with van der Waals surface area (Å²) in [5.74, 6) is 0. The maximum absolute atomic E-state index is 6.23. The van der Waals surface area contributed by atoms with Gasteiger partial charge in [0.05, 0.1) is 0 Å². The summed E-state index contributed by atoms with van der Waals surface area (Å²) in [5.41, 5.74) is 2.21. The molecular weight excluding hydrogens is 448 g/mol. The Morgan fingerprint density at radius 3 is 2.53 bits per heavy atom. The predicted octanol–water partition coefficient (Wildman–Crippen LogP) is 6.24. The summed E-state index contributed by atoms with van der Waals surface area (Å²) >= 11 is -0.0707. The average Bonchev–Trinajstić information content (AvgIpc) is 2.68. The first-order valence-electron chi connectivity index (χ1n) is 5.65. The van der Waals surface area contributed by atoms with Crippen LogP contribution in [0.1, 0.15) is 5.56 Å². The first-order valence-corrected chi connectivity index (χ1v) is 17.0. The van der Waals surface area contributed by atoms with Crippen LogP contribution >= 0.6 is 41.5 Å². The first-order chi connectivity index (χ1) is 8.88. The molecule has 19 heavy (non-hydrogen) atoms. The Hall–Kier alpha value is 0.473. The molecule has 6 heteroatoms. The van der Waals surface area contributed by atoms with Crippen LogP contribution in [0.4, 0.5) is 0 Å². The number of benzene rings is 1. The molecule has 0 aliphatic rings. The summed E-state index contributed by atoms with van der Waals surface area (Å²) in [5, 5.41) is 3.43. The summed E-state index contributed by atoms with van der Waals surface area (Å²) in [7, 11) is 18.7. The van der Waals surface area contributed by atoms with Crippen molar-refractivity contribution in [2.45, 2.75) is 6.92 Å². The third-order valence-electron chi connectivity index (χ3n) is 3.14. The monoisotopic (exact) mass is 453 g/mol. The number of pyridine rings is 1. The second-order valence-corrected chi connectivity index (χ2v) is 21.9. The van der Waals surface area contributed by atoms with E-state index in [2.05, 4.69) is 41.1 Å². The molecule has 3 rings (SSSR count). The molecular formula is C13H9BrCl3NZr. The summed E-state index contributed by atoms with van der Waals surface area (Å²) < 4.78 is 2.91. The van der Waals surface area contributed by atoms with Gasteiger partial charge in [0.15, 0.2) is 0 Å². The standard InChI is InChI=1S/C13H9BrN.3ClH.Zr/c1-8-5-9-7-12-10(3-2-4-15-12)13(14)11(9)6-8;;;;/h2-7H,1H3;3*1H;/q-1;;;;+4/p-3. The van der Waals surface area contributed by atoms with E-state index in [0.29, 0.717) is 0 Å². The van der Waals surface area contributed by atoms with Crippen molar-refractivity contribution in [2.75, 3.05) is 0 Å². The number of halogens is 4. The van der Waals surface area contributed by atoms with Crippen molar-refractivity contribution < 1.29 is 17.0 Å². The van der Waals surface area contributed by atoms with Crippen molar-refractivity contribution >= 4 is 63.1 Å². The molecule has 1 aromatic heterocycles. The summed E-state index contributed by atoms with van der Waals surface area (Å²) in [6, 6.07) is 10.4. The first kappa shape index (κ1) is 14.4. The van der Waals surface area contributed by atoms with Crippen LogP contribution < -0.4 is 0 Å². The van der Waals surface area contributed by atoms with Crippen LogP contribution in [0.3, 0.4) is 0 Å². The molecule has 0 atom stereocenters. The predicted molar refractivity (Wildman–Crippen MR) is 84.8 cm³/mol. The minimum absolute atomic E-state index is 0.975. The topological polar surface area (TPSA) is 4.93 Å². The molecule has 1 heterocycles. The summed E-state index contributed by atoms with van der Waals surface area (Å²) in [4.78, 5) is 0. The number of hydrogen-bond donors (Lipinski definition) is 0. The summed E-state index contributed by atoms with van der Waals surface area (Å²) in [6.45, 7) is 2.08. The normalized spacial score (nSPS) is 12.5. The van der Waals surface area contributed by atoms with Crippen LogP contribution in [0.2, 0.25) is 0 Å². The molecule has 0 spiro atoms. The van der Waals surface area contributed by atoms with Crippen molar-refractivity contribution in [2.24, 2.45) is 0 Å². The van der Waals surface area contributed by atoms with Gasteiger partial charge in [-0.3, -0.25) is 0 Å². The van der Waals surface area contributed by atoms with Gasteiger partial charge in [-0.05, 0) is 0 Å². The van der Waals surface area contributed by atoms with E-state index >= 15 is 0 Å². The van der Waals surface area contributed by atoms with E-state index in [1.54, 1.807) is 0 Å². The van der Waals surface area contributed by atoms with Gasteiger partial charge in [-0.2, -0.15) is 0 Å². The molecule has 2 aromatic carbocycles. The fourth-order valence-electron chi connectivity index (χ4n) is 2.35. The van der Waals surface area contributed by atoms with Gasteiger partial charge in [-0.1, -0.05) is 0 Å². The zero-order valence-electron chi connectivity index (χ0n) is 9.92. The van der Waals surface area contributed by atoms with Crippen LogP contribution in [-0.4, -0.2) is 2.51 Å². The zero-order valence-corrected chi connectivity index (χ0v) is 16.2. The van der Waals surface area contributed by atoms with Crippen LogP contribution in [0.25, 0.3) is 21.7 Å². The molecule has 0 radical (unpaired) electrons. The zero-order chi connectivity index (χ0) is 13.8. The van der Waals surface area contributed by atoms with Crippen molar-refractivity contribution in [3.8, 4) is 0 Å². The quantitative estimate of drug-likeness (QED) is 0.408. The Kier molecular flexibility index (Phi) is 3.82. The Morgan fingerprint density at radius 1 is 1.11 bits per heavy atom. The number of nitrogens with zero attached hydrogens (tertiary/aromatic N) is 1. The number of rotatable bonds is 1. The number of aromatic nitrogens is 1. The third kappa shape index (κ3) is 2.53. The molecule has 3 aromatic rings. The molecule has 0 aliphatic carbocycles. The van der Waals surface area contributed by atoms with E-state index in [1.165, 1.54) is 10.9 Å². The third-order valence-corrected chi connectivity index (χ3v) is 9.53. The van der Waals surface area contributed by atoms with Crippen molar-refractivity contribution in [1.82, 2.24) is 2.51 Å². The second kappa shape index (κ2) is 5.03. The van der Waals surface area contributed by atoms with E-state index in [-0.39, 0.29) is 0 Å². The fourth-order valence-corrected chi connectivity index (χ4v) is 7.40. The maximum atomic E-state index is 6.23. The van der Waals surface area contributed by atoms with Gasteiger partial charge in [0.2, 0.25) is 0 Å². The molecule has 0 fully saturated rings. The summed E-state index contributed by atoms with van der Waals surface area (Å²) in [6.07, 6.45) is 1.86. The van der Waals surface area contributed by atoms with Crippen LogP contribution in [0.5, 0.6) is 0 Å². The fraction of sp³-hybridized carbons (Fsp3) is 0.0769. The van der Waals surface area contributed by atoms with Gasteiger partial charge >= 0.3 is 136 Å². The van der Waals surface area contributed by atoms with E-state index in [9.17, 15) is 0 Å². The van der Waals surface area contributed by atoms with Crippen LogP contribution in [0, 0.1) is 6.92 Å². The number of fused-ring (bicyclic) bond motifs is 2. The van der Waals surface area contributed by atoms with Crippen molar-refractivity contribution in [3.05, 3.63) is 46.6 Å². The van der Waals surface area contributed by atoms with E-state index in [0.717, 1.165) is 20.8 Å². The van der Waals surface area contributed by atoms with E-state index < -0.39 is 17.0 Å². The molecule has 98 valence electrons. The average molecular weight is 457 g/mol. The van der Waals surface area contributed by atoms with E-state index in [1.807, 2.05) is 20.8 Å². The van der Waals surface area contributed by atoms with Crippen LogP contribution in [0.15, 0.2) is 41.0 Å². The number of aryl methyl sites for hydroxylation is 1. The van der Waals surface area contributed by atoms with Gasteiger partial charge < -0.3 is 0 Å². The van der Waals surface area contributed by atoms with Gasteiger partial charge in [0, 0.05) is 0 Å². The molecule has 0 aliphatic heterocycles. The Bertz CT molecular complexity index is 792. The Balaban J connectivity index is 2.50. The van der Waals surface area contributed by atoms with Gasteiger partial charge in [0.1, 0.15) is 0 Å². The van der Waals surface area contributed by atoms with Crippen molar-refractivity contribution in [3.63, 3.8) is 0 Å².